The van der Waals surface area contributed by atoms with Gasteiger partial charge < -0.3 is 9.72 Å². The summed E-state index contributed by atoms with van der Waals surface area (Å²) >= 11 is 5.92. The van der Waals surface area contributed by atoms with Crippen LogP contribution in [0, 0.1) is 0 Å². The Morgan fingerprint density at radius 2 is 1.86 bits per heavy atom. The maximum absolute atomic E-state index is 6.02. The largest absolute Gasteiger partial charge is 0.372 e. The van der Waals surface area contributed by atoms with Crippen LogP contribution in [0.15, 0.2) is 30.6 Å². The fourth-order valence-corrected chi connectivity index (χ4v) is 2.85. The van der Waals surface area contributed by atoms with Crippen LogP contribution in [0.25, 0.3) is 11.3 Å². The second-order valence-electron chi connectivity index (χ2n) is 5.31. The summed E-state index contributed by atoms with van der Waals surface area (Å²) in [6, 6.07) is 7.75. The molecule has 0 bridgehead atoms. The molecule has 0 aliphatic heterocycles. The molecule has 1 saturated carbocycles. The fraction of sp³-hybridized carbons (Fsp3) is 0.438. The average Bonchev–Trinajstić information content (AvgIpc) is 2.95. The van der Waals surface area contributed by atoms with Crippen molar-refractivity contribution in [2.75, 3.05) is 0 Å². The number of aromatic amines is 1. The Bertz CT molecular complexity index is 548. The van der Waals surface area contributed by atoms with Gasteiger partial charge in [-0.15, -0.1) is 12.4 Å². The van der Waals surface area contributed by atoms with E-state index in [1.54, 1.807) is 6.33 Å². The Labute approximate surface area is 136 Å². The molecule has 5 heteroatoms. The highest BCUT2D eigenvalue weighted by Crippen LogP contribution is 2.25. The van der Waals surface area contributed by atoms with Gasteiger partial charge in [0.1, 0.15) is 0 Å². The first-order valence-electron chi connectivity index (χ1n) is 7.23. The number of halogens is 2. The van der Waals surface area contributed by atoms with Gasteiger partial charge in [0.15, 0.2) is 0 Å². The maximum atomic E-state index is 6.02. The van der Waals surface area contributed by atoms with E-state index in [0.29, 0.717) is 12.7 Å². The van der Waals surface area contributed by atoms with Crippen LogP contribution >= 0.6 is 24.0 Å². The van der Waals surface area contributed by atoms with Crippen molar-refractivity contribution in [3.05, 3.63) is 41.3 Å². The molecule has 1 fully saturated rings. The molecule has 1 aromatic carbocycles. The number of hydrogen-bond donors (Lipinski definition) is 1. The highest BCUT2D eigenvalue weighted by molar-refractivity contribution is 6.30. The lowest BCUT2D eigenvalue weighted by Crippen LogP contribution is -2.16. The summed E-state index contributed by atoms with van der Waals surface area (Å²) in [6.07, 6.45) is 8.43. The van der Waals surface area contributed by atoms with Gasteiger partial charge in [-0.05, 0) is 25.0 Å². The van der Waals surface area contributed by atoms with Crippen LogP contribution in [0.5, 0.6) is 0 Å². The molecule has 0 spiro atoms. The zero-order valence-corrected chi connectivity index (χ0v) is 13.4. The smallest absolute Gasteiger partial charge is 0.0936 e. The van der Waals surface area contributed by atoms with E-state index < -0.39 is 0 Å². The normalized spacial score (nSPS) is 15.7. The van der Waals surface area contributed by atoms with Crippen LogP contribution in [0.2, 0.25) is 5.02 Å². The number of ether oxygens (including phenoxy) is 1. The lowest BCUT2D eigenvalue weighted by Gasteiger charge is -2.21. The first kappa shape index (κ1) is 16.3. The Morgan fingerprint density at radius 3 is 2.57 bits per heavy atom. The van der Waals surface area contributed by atoms with Crippen LogP contribution in [0.4, 0.5) is 0 Å². The summed E-state index contributed by atoms with van der Waals surface area (Å²) in [5, 5.41) is 0.740. The van der Waals surface area contributed by atoms with E-state index in [1.165, 1.54) is 32.1 Å². The number of nitrogens with zero attached hydrogens (tertiary/aromatic N) is 1. The SMILES string of the molecule is Cl.Clc1ccc(-c2nc[nH]c2COC2CCCCC2)cc1. The summed E-state index contributed by atoms with van der Waals surface area (Å²) in [7, 11) is 0. The molecule has 1 N–H and O–H groups in total. The second kappa shape index (κ2) is 7.83. The van der Waals surface area contributed by atoms with Crippen molar-refractivity contribution in [2.45, 2.75) is 44.8 Å². The highest BCUT2D eigenvalue weighted by Gasteiger charge is 2.15. The standard InChI is InChI=1S/C16H19ClN2O.ClH/c17-13-8-6-12(7-9-13)16-15(18-11-19-16)10-20-14-4-2-1-3-5-14;/h6-9,11,14H,1-5,10H2,(H,18,19);1H. The fourth-order valence-electron chi connectivity index (χ4n) is 2.72. The number of benzene rings is 1. The van der Waals surface area contributed by atoms with Gasteiger partial charge in [-0.2, -0.15) is 0 Å². The Kier molecular flexibility index (Phi) is 6.09. The van der Waals surface area contributed by atoms with Crippen molar-refractivity contribution in [1.29, 1.82) is 0 Å². The van der Waals surface area contributed by atoms with Gasteiger partial charge in [0.2, 0.25) is 0 Å². The summed E-state index contributed by atoms with van der Waals surface area (Å²) in [5.41, 5.74) is 3.06. The van der Waals surface area contributed by atoms with Crippen LogP contribution in [0.1, 0.15) is 37.8 Å². The third kappa shape index (κ3) is 4.22. The van der Waals surface area contributed by atoms with E-state index in [-0.39, 0.29) is 12.4 Å². The van der Waals surface area contributed by atoms with Gasteiger partial charge in [-0.3, -0.25) is 0 Å². The minimum atomic E-state index is 0. The van der Waals surface area contributed by atoms with Crippen LogP contribution in [-0.4, -0.2) is 16.1 Å². The van der Waals surface area contributed by atoms with Crippen molar-refractivity contribution >= 4 is 24.0 Å². The summed E-state index contributed by atoms with van der Waals surface area (Å²) < 4.78 is 6.02. The Hall–Kier alpha value is -1.03. The van der Waals surface area contributed by atoms with E-state index in [1.807, 2.05) is 24.3 Å². The van der Waals surface area contributed by atoms with Crippen molar-refractivity contribution < 1.29 is 4.74 Å². The summed E-state index contributed by atoms with van der Waals surface area (Å²) in [5.74, 6) is 0. The van der Waals surface area contributed by atoms with E-state index in [9.17, 15) is 0 Å². The number of H-pyrrole nitrogens is 1. The first-order valence-corrected chi connectivity index (χ1v) is 7.60. The van der Waals surface area contributed by atoms with Crippen molar-refractivity contribution in [3.63, 3.8) is 0 Å². The molecule has 0 saturated heterocycles. The molecule has 3 nitrogen and oxygen atoms in total. The quantitative estimate of drug-likeness (QED) is 0.858. The molecule has 2 aromatic rings. The molecule has 3 rings (SSSR count). The lowest BCUT2D eigenvalue weighted by atomic mass is 9.98. The molecular weight excluding hydrogens is 307 g/mol. The molecule has 21 heavy (non-hydrogen) atoms. The molecule has 0 amide bonds. The van der Waals surface area contributed by atoms with Crippen LogP contribution in [-0.2, 0) is 11.3 Å². The lowest BCUT2D eigenvalue weighted by molar-refractivity contribution is 0.0156. The van der Waals surface area contributed by atoms with E-state index in [4.69, 9.17) is 16.3 Å². The first-order chi connectivity index (χ1) is 9.83. The third-order valence-electron chi connectivity index (χ3n) is 3.85. The summed E-state index contributed by atoms with van der Waals surface area (Å²) in [6.45, 7) is 0.600. The molecule has 114 valence electrons. The highest BCUT2D eigenvalue weighted by atomic mass is 35.5. The van der Waals surface area contributed by atoms with Gasteiger partial charge in [-0.1, -0.05) is 43.0 Å². The molecular formula is C16H20Cl2N2O. The number of aromatic nitrogens is 2. The van der Waals surface area contributed by atoms with Gasteiger partial charge in [0.25, 0.3) is 0 Å². The molecule has 1 aromatic heterocycles. The Morgan fingerprint density at radius 1 is 1.14 bits per heavy atom. The minimum Gasteiger partial charge on any atom is -0.372 e. The molecule has 0 atom stereocenters. The second-order valence-corrected chi connectivity index (χ2v) is 5.74. The molecule has 1 heterocycles. The van der Waals surface area contributed by atoms with Gasteiger partial charge >= 0.3 is 0 Å². The topological polar surface area (TPSA) is 37.9 Å². The predicted octanol–water partition coefficient (Wildman–Crippen LogP) is 5.00. The molecule has 0 unspecified atom stereocenters. The monoisotopic (exact) mass is 326 g/mol. The van der Waals surface area contributed by atoms with Gasteiger partial charge in [0, 0.05) is 10.6 Å². The van der Waals surface area contributed by atoms with E-state index in [0.717, 1.165) is 22.0 Å². The zero-order chi connectivity index (χ0) is 13.8. The number of nitrogens with one attached hydrogen (secondary N) is 1. The zero-order valence-electron chi connectivity index (χ0n) is 11.8. The number of hydrogen-bond acceptors (Lipinski definition) is 2. The van der Waals surface area contributed by atoms with Gasteiger partial charge in [-0.25, -0.2) is 4.98 Å². The predicted molar refractivity (Wildman–Crippen MR) is 87.9 cm³/mol. The Balaban J connectivity index is 0.00000161. The summed E-state index contributed by atoms with van der Waals surface area (Å²) in [4.78, 5) is 7.59. The average molecular weight is 327 g/mol. The van der Waals surface area contributed by atoms with Crippen LogP contribution < -0.4 is 0 Å². The van der Waals surface area contributed by atoms with E-state index >= 15 is 0 Å². The van der Waals surface area contributed by atoms with Crippen LogP contribution in [0.3, 0.4) is 0 Å². The van der Waals surface area contributed by atoms with Crippen molar-refractivity contribution in [1.82, 2.24) is 9.97 Å². The molecule has 1 aliphatic carbocycles. The van der Waals surface area contributed by atoms with Crippen molar-refractivity contribution in [3.8, 4) is 11.3 Å². The molecule has 1 aliphatic rings. The number of imidazole rings is 1. The number of rotatable bonds is 4. The maximum Gasteiger partial charge on any atom is 0.0936 e. The molecule has 0 radical (unpaired) electrons. The van der Waals surface area contributed by atoms with Gasteiger partial charge in [0.05, 0.1) is 30.4 Å². The third-order valence-corrected chi connectivity index (χ3v) is 4.10. The van der Waals surface area contributed by atoms with E-state index in [2.05, 4.69) is 9.97 Å². The van der Waals surface area contributed by atoms with Crippen molar-refractivity contribution in [2.24, 2.45) is 0 Å². The minimum absolute atomic E-state index is 0.